The number of nitro benzene ring substituents is 1. The van der Waals surface area contributed by atoms with E-state index in [0.717, 1.165) is 0 Å². The summed E-state index contributed by atoms with van der Waals surface area (Å²) in [5.41, 5.74) is 0.968. The molecule has 0 aliphatic rings. The molecule has 1 aromatic carbocycles. The zero-order valence-corrected chi connectivity index (χ0v) is 10.8. The van der Waals surface area contributed by atoms with Gasteiger partial charge in [0.25, 0.3) is 0 Å². The van der Waals surface area contributed by atoms with Crippen LogP contribution in [-0.2, 0) is 0 Å². The SMILES string of the molecule is COc1c(-c2ccco2)cc([N+](=O)[O-])c(OC)c1C. The Kier molecular flexibility index (Phi) is 3.41. The fraction of sp³-hybridized carbons (Fsp3) is 0.231. The largest absolute Gasteiger partial charge is 0.496 e. The molecule has 19 heavy (non-hydrogen) atoms. The molecule has 0 aliphatic carbocycles. The first-order valence-electron chi connectivity index (χ1n) is 5.54. The number of hydrogen-bond acceptors (Lipinski definition) is 5. The molecule has 1 heterocycles. The highest BCUT2D eigenvalue weighted by molar-refractivity contribution is 5.75. The van der Waals surface area contributed by atoms with Crippen LogP contribution in [0.2, 0.25) is 0 Å². The van der Waals surface area contributed by atoms with Crippen LogP contribution in [0.4, 0.5) is 5.69 Å². The summed E-state index contributed by atoms with van der Waals surface area (Å²) in [4.78, 5) is 10.6. The smallest absolute Gasteiger partial charge is 0.312 e. The average molecular weight is 263 g/mol. The van der Waals surface area contributed by atoms with Crippen molar-refractivity contribution >= 4 is 5.69 Å². The summed E-state index contributed by atoms with van der Waals surface area (Å²) >= 11 is 0. The molecule has 6 nitrogen and oxygen atoms in total. The summed E-state index contributed by atoms with van der Waals surface area (Å²) in [5.74, 6) is 1.19. The Labute approximate surface area is 109 Å². The molecule has 0 N–H and O–H groups in total. The van der Waals surface area contributed by atoms with Gasteiger partial charge in [-0.2, -0.15) is 0 Å². The summed E-state index contributed by atoms with van der Waals surface area (Å²) < 4.78 is 15.7. The first kappa shape index (κ1) is 12.9. The molecule has 6 heteroatoms. The quantitative estimate of drug-likeness (QED) is 0.625. The lowest BCUT2D eigenvalue weighted by molar-refractivity contribution is -0.385. The van der Waals surface area contributed by atoms with Crippen LogP contribution in [-0.4, -0.2) is 19.1 Å². The van der Waals surface area contributed by atoms with Gasteiger partial charge in [-0.05, 0) is 19.1 Å². The molecule has 1 aromatic heterocycles. The molecular formula is C13H13NO5. The molecule has 0 amide bonds. The molecule has 0 atom stereocenters. The standard InChI is InChI=1S/C13H13NO5/c1-8-12(17-2)9(11-5-4-6-19-11)7-10(14(15)16)13(8)18-3/h4-7H,1-3H3. The zero-order chi connectivity index (χ0) is 14.0. The molecule has 0 saturated carbocycles. The van der Waals surface area contributed by atoms with Crippen LogP contribution >= 0.6 is 0 Å². The number of ether oxygens (including phenoxy) is 2. The van der Waals surface area contributed by atoms with Gasteiger partial charge in [0.05, 0.1) is 31.0 Å². The van der Waals surface area contributed by atoms with E-state index in [1.54, 1.807) is 19.1 Å². The Morgan fingerprint density at radius 1 is 1.26 bits per heavy atom. The van der Waals surface area contributed by atoms with Crippen molar-refractivity contribution in [2.24, 2.45) is 0 Å². The summed E-state index contributed by atoms with van der Waals surface area (Å²) in [6.07, 6.45) is 1.50. The third kappa shape index (κ3) is 2.12. The van der Waals surface area contributed by atoms with Gasteiger partial charge in [-0.3, -0.25) is 10.1 Å². The number of rotatable bonds is 4. The maximum atomic E-state index is 11.1. The van der Waals surface area contributed by atoms with Gasteiger partial charge in [0, 0.05) is 11.6 Å². The highest BCUT2D eigenvalue weighted by Crippen LogP contribution is 2.43. The Balaban J connectivity index is 2.77. The van der Waals surface area contributed by atoms with Crippen molar-refractivity contribution in [2.45, 2.75) is 6.92 Å². The Morgan fingerprint density at radius 2 is 1.95 bits per heavy atom. The van der Waals surface area contributed by atoms with E-state index in [1.807, 2.05) is 0 Å². The van der Waals surface area contributed by atoms with Crippen LogP contribution in [0.1, 0.15) is 5.56 Å². The molecule has 0 spiro atoms. The van der Waals surface area contributed by atoms with E-state index < -0.39 is 4.92 Å². The Bertz CT molecular complexity index is 604. The summed E-state index contributed by atoms with van der Waals surface area (Å²) in [6.45, 7) is 1.71. The van der Waals surface area contributed by atoms with Crippen LogP contribution in [0.5, 0.6) is 11.5 Å². The maximum Gasteiger partial charge on any atom is 0.312 e. The molecule has 0 unspecified atom stereocenters. The van der Waals surface area contributed by atoms with Crippen molar-refractivity contribution in [3.8, 4) is 22.8 Å². The van der Waals surface area contributed by atoms with Gasteiger partial charge in [0.1, 0.15) is 11.5 Å². The zero-order valence-electron chi connectivity index (χ0n) is 10.8. The maximum absolute atomic E-state index is 11.1. The molecule has 2 rings (SSSR count). The van der Waals surface area contributed by atoms with Crippen molar-refractivity contribution in [1.29, 1.82) is 0 Å². The summed E-state index contributed by atoms with van der Waals surface area (Å²) in [7, 11) is 2.89. The number of nitrogens with zero attached hydrogens (tertiary/aromatic N) is 1. The average Bonchev–Trinajstić information content (AvgIpc) is 2.91. The van der Waals surface area contributed by atoms with E-state index in [4.69, 9.17) is 13.9 Å². The van der Waals surface area contributed by atoms with Crippen LogP contribution in [0.25, 0.3) is 11.3 Å². The molecular weight excluding hydrogens is 250 g/mol. The predicted molar refractivity (Wildman–Crippen MR) is 68.6 cm³/mol. The molecule has 0 radical (unpaired) electrons. The minimum absolute atomic E-state index is 0.118. The first-order valence-corrected chi connectivity index (χ1v) is 5.54. The number of nitro groups is 1. The van der Waals surface area contributed by atoms with Crippen LogP contribution in [0, 0.1) is 17.0 Å². The molecule has 0 aliphatic heterocycles. The topological polar surface area (TPSA) is 74.7 Å². The van der Waals surface area contributed by atoms with E-state index in [-0.39, 0.29) is 11.4 Å². The first-order chi connectivity index (χ1) is 9.10. The number of hydrogen-bond donors (Lipinski definition) is 0. The van der Waals surface area contributed by atoms with E-state index in [9.17, 15) is 10.1 Å². The lowest BCUT2D eigenvalue weighted by atomic mass is 10.0. The van der Waals surface area contributed by atoms with E-state index in [0.29, 0.717) is 22.6 Å². The van der Waals surface area contributed by atoms with E-state index >= 15 is 0 Å². The van der Waals surface area contributed by atoms with Crippen LogP contribution in [0.15, 0.2) is 28.9 Å². The van der Waals surface area contributed by atoms with Crippen molar-refractivity contribution in [2.75, 3.05) is 14.2 Å². The van der Waals surface area contributed by atoms with Crippen LogP contribution < -0.4 is 9.47 Å². The molecule has 100 valence electrons. The molecule has 0 bridgehead atoms. The minimum atomic E-state index is -0.488. The van der Waals surface area contributed by atoms with Gasteiger partial charge in [0.2, 0.25) is 5.75 Å². The van der Waals surface area contributed by atoms with Gasteiger partial charge in [-0.15, -0.1) is 0 Å². The third-order valence-corrected chi connectivity index (χ3v) is 2.83. The van der Waals surface area contributed by atoms with E-state index in [1.165, 1.54) is 26.5 Å². The monoisotopic (exact) mass is 263 g/mol. The molecule has 2 aromatic rings. The van der Waals surface area contributed by atoms with Gasteiger partial charge < -0.3 is 13.9 Å². The Morgan fingerprint density at radius 3 is 2.42 bits per heavy atom. The van der Waals surface area contributed by atoms with E-state index in [2.05, 4.69) is 0 Å². The predicted octanol–water partition coefficient (Wildman–Crippen LogP) is 3.18. The second-order valence-corrected chi connectivity index (χ2v) is 3.87. The molecule has 0 fully saturated rings. The Hall–Kier alpha value is -2.50. The lowest BCUT2D eigenvalue weighted by Crippen LogP contribution is -2.00. The molecule has 0 saturated heterocycles. The van der Waals surface area contributed by atoms with Crippen molar-refractivity contribution in [3.63, 3.8) is 0 Å². The normalized spacial score (nSPS) is 10.3. The van der Waals surface area contributed by atoms with Gasteiger partial charge in [-0.1, -0.05) is 0 Å². The lowest BCUT2D eigenvalue weighted by Gasteiger charge is -2.13. The highest BCUT2D eigenvalue weighted by atomic mass is 16.6. The van der Waals surface area contributed by atoms with Crippen molar-refractivity contribution in [3.05, 3.63) is 40.1 Å². The fourth-order valence-corrected chi connectivity index (χ4v) is 2.04. The van der Waals surface area contributed by atoms with Gasteiger partial charge in [0.15, 0.2) is 0 Å². The number of benzene rings is 1. The second kappa shape index (κ2) is 5.01. The highest BCUT2D eigenvalue weighted by Gasteiger charge is 2.25. The number of furan rings is 1. The summed E-state index contributed by atoms with van der Waals surface area (Å²) in [6, 6.07) is 4.82. The second-order valence-electron chi connectivity index (χ2n) is 3.87. The van der Waals surface area contributed by atoms with Gasteiger partial charge in [-0.25, -0.2) is 0 Å². The minimum Gasteiger partial charge on any atom is -0.496 e. The fourth-order valence-electron chi connectivity index (χ4n) is 2.04. The summed E-state index contributed by atoms with van der Waals surface area (Å²) in [5, 5.41) is 11.1. The van der Waals surface area contributed by atoms with Crippen molar-refractivity contribution < 1.29 is 18.8 Å². The van der Waals surface area contributed by atoms with Gasteiger partial charge >= 0.3 is 5.69 Å². The number of methoxy groups -OCH3 is 2. The van der Waals surface area contributed by atoms with Crippen molar-refractivity contribution in [1.82, 2.24) is 0 Å². The third-order valence-electron chi connectivity index (χ3n) is 2.83. The van der Waals surface area contributed by atoms with Crippen LogP contribution in [0.3, 0.4) is 0 Å².